The van der Waals surface area contributed by atoms with Crippen molar-refractivity contribution in [3.63, 3.8) is 0 Å². The van der Waals surface area contributed by atoms with Crippen LogP contribution in [0.1, 0.15) is 30.9 Å². The van der Waals surface area contributed by atoms with Gasteiger partial charge in [0, 0.05) is 36.1 Å². The first kappa shape index (κ1) is 17.2. The molecule has 3 rings (SSSR count). The predicted octanol–water partition coefficient (Wildman–Crippen LogP) is 3.41. The van der Waals surface area contributed by atoms with Crippen LogP contribution < -0.4 is 10.6 Å². The number of aromatic nitrogens is 1. The molecular formula is C21H25N3O. The van der Waals surface area contributed by atoms with Gasteiger partial charge >= 0.3 is 0 Å². The highest BCUT2D eigenvalue weighted by Gasteiger charge is 2.20. The Balaban J connectivity index is 1.88. The number of carbonyl (C=O) groups excluding carboxylic acids is 1. The number of fused-ring (bicyclic) bond motifs is 1. The Morgan fingerprint density at radius 3 is 2.56 bits per heavy atom. The van der Waals surface area contributed by atoms with Crippen LogP contribution in [0.3, 0.4) is 0 Å². The van der Waals surface area contributed by atoms with Gasteiger partial charge in [-0.1, -0.05) is 48.5 Å². The van der Waals surface area contributed by atoms with Crippen molar-refractivity contribution in [1.29, 1.82) is 0 Å². The van der Waals surface area contributed by atoms with Crippen molar-refractivity contribution >= 4 is 16.8 Å². The number of aromatic amines is 1. The predicted molar refractivity (Wildman–Crippen MR) is 103 cm³/mol. The normalized spacial score (nSPS) is 13.5. The first-order valence-electron chi connectivity index (χ1n) is 8.82. The number of amides is 1. The van der Waals surface area contributed by atoms with E-state index in [2.05, 4.69) is 64.3 Å². The molecule has 0 aliphatic rings. The van der Waals surface area contributed by atoms with E-state index in [1.165, 1.54) is 16.5 Å². The molecule has 0 aliphatic heterocycles. The third-order valence-corrected chi connectivity index (χ3v) is 4.57. The molecule has 1 heterocycles. The molecule has 0 bridgehead atoms. The fourth-order valence-electron chi connectivity index (χ4n) is 3.19. The molecule has 0 saturated heterocycles. The lowest BCUT2D eigenvalue weighted by atomic mass is 9.90. The molecule has 1 amide bonds. The summed E-state index contributed by atoms with van der Waals surface area (Å²) in [6.45, 7) is 5.19. The average Bonchev–Trinajstić information content (AvgIpc) is 3.07. The molecule has 2 atom stereocenters. The fraction of sp³-hybridized carbons (Fsp3) is 0.286. The number of likely N-dealkylation sites (N-methyl/N-ethyl adjacent to an activating group) is 1. The van der Waals surface area contributed by atoms with Crippen molar-refractivity contribution in [3.05, 3.63) is 71.9 Å². The van der Waals surface area contributed by atoms with Crippen LogP contribution in [0.25, 0.3) is 10.9 Å². The van der Waals surface area contributed by atoms with Gasteiger partial charge in [-0.3, -0.25) is 4.79 Å². The van der Waals surface area contributed by atoms with Crippen molar-refractivity contribution < 1.29 is 4.79 Å². The van der Waals surface area contributed by atoms with Crippen LogP contribution in [0.15, 0.2) is 60.8 Å². The Kier molecular flexibility index (Phi) is 5.51. The van der Waals surface area contributed by atoms with Gasteiger partial charge in [0.1, 0.15) is 0 Å². The van der Waals surface area contributed by atoms with Crippen molar-refractivity contribution in [2.45, 2.75) is 25.8 Å². The smallest absolute Gasteiger partial charge is 0.236 e. The minimum Gasteiger partial charge on any atom is -0.361 e. The van der Waals surface area contributed by atoms with E-state index in [-0.39, 0.29) is 17.9 Å². The molecule has 2 aromatic carbocycles. The highest BCUT2D eigenvalue weighted by Crippen LogP contribution is 2.30. The van der Waals surface area contributed by atoms with Gasteiger partial charge in [-0.05, 0) is 31.0 Å². The van der Waals surface area contributed by atoms with E-state index in [1.807, 2.05) is 26.0 Å². The van der Waals surface area contributed by atoms with Gasteiger partial charge in [0.15, 0.2) is 0 Å². The molecule has 4 nitrogen and oxygen atoms in total. The number of carbonyl (C=O) groups is 1. The maximum absolute atomic E-state index is 12.0. The highest BCUT2D eigenvalue weighted by molar-refractivity contribution is 5.84. The SMILES string of the molecule is CCNC(=O)[C@H](C)NC[C@@H](c1ccccc1)c1c[nH]c2ccccc12. The van der Waals surface area contributed by atoms with Crippen molar-refractivity contribution in [2.75, 3.05) is 13.1 Å². The van der Waals surface area contributed by atoms with Crippen molar-refractivity contribution in [2.24, 2.45) is 0 Å². The van der Waals surface area contributed by atoms with Gasteiger partial charge in [-0.15, -0.1) is 0 Å². The molecule has 0 fully saturated rings. The number of H-pyrrole nitrogens is 1. The second-order valence-electron chi connectivity index (χ2n) is 6.28. The molecule has 4 heteroatoms. The summed E-state index contributed by atoms with van der Waals surface area (Å²) in [5, 5.41) is 7.48. The monoisotopic (exact) mass is 335 g/mol. The average molecular weight is 335 g/mol. The molecule has 25 heavy (non-hydrogen) atoms. The number of nitrogens with one attached hydrogen (secondary N) is 3. The lowest BCUT2D eigenvalue weighted by molar-refractivity contribution is -0.122. The lowest BCUT2D eigenvalue weighted by Gasteiger charge is -2.21. The third-order valence-electron chi connectivity index (χ3n) is 4.57. The van der Waals surface area contributed by atoms with Crippen molar-refractivity contribution in [3.8, 4) is 0 Å². The van der Waals surface area contributed by atoms with E-state index < -0.39 is 0 Å². The summed E-state index contributed by atoms with van der Waals surface area (Å²) in [5.41, 5.74) is 3.62. The summed E-state index contributed by atoms with van der Waals surface area (Å²) in [5.74, 6) is 0.211. The number of hydrogen-bond acceptors (Lipinski definition) is 2. The molecule has 3 aromatic rings. The number of para-hydroxylation sites is 1. The Bertz CT molecular complexity index is 825. The summed E-state index contributed by atoms with van der Waals surface area (Å²) in [6.07, 6.45) is 2.08. The second kappa shape index (κ2) is 7.99. The van der Waals surface area contributed by atoms with E-state index in [9.17, 15) is 4.79 Å². The molecule has 3 N–H and O–H groups in total. The Morgan fingerprint density at radius 1 is 1.08 bits per heavy atom. The van der Waals surface area contributed by atoms with Crippen LogP contribution in [-0.2, 0) is 4.79 Å². The highest BCUT2D eigenvalue weighted by atomic mass is 16.2. The first-order chi connectivity index (χ1) is 12.2. The van der Waals surface area contributed by atoms with E-state index >= 15 is 0 Å². The standard InChI is InChI=1S/C21H25N3O/c1-3-22-21(25)15(2)23-13-18(16-9-5-4-6-10-16)19-14-24-20-12-8-7-11-17(19)20/h4-12,14-15,18,23-24H,3,13H2,1-2H3,(H,22,25)/t15-,18-/m0/s1. The van der Waals surface area contributed by atoms with E-state index in [0.717, 1.165) is 5.52 Å². The second-order valence-corrected chi connectivity index (χ2v) is 6.28. The summed E-state index contributed by atoms with van der Waals surface area (Å²) in [6, 6.07) is 18.5. The third kappa shape index (κ3) is 3.91. The minimum absolute atomic E-state index is 0.0354. The summed E-state index contributed by atoms with van der Waals surface area (Å²) >= 11 is 0. The molecule has 1 aromatic heterocycles. The number of hydrogen-bond donors (Lipinski definition) is 3. The topological polar surface area (TPSA) is 56.9 Å². The molecular weight excluding hydrogens is 310 g/mol. The Morgan fingerprint density at radius 2 is 1.80 bits per heavy atom. The molecule has 0 spiro atoms. The zero-order valence-corrected chi connectivity index (χ0v) is 14.8. The Hall–Kier alpha value is -2.59. The van der Waals surface area contributed by atoms with E-state index in [1.54, 1.807) is 0 Å². The lowest BCUT2D eigenvalue weighted by Crippen LogP contribution is -2.43. The van der Waals surface area contributed by atoms with Crippen LogP contribution in [0.4, 0.5) is 0 Å². The Labute approximate surface area is 148 Å². The quantitative estimate of drug-likeness (QED) is 0.620. The van der Waals surface area contributed by atoms with Crippen LogP contribution in [0, 0.1) is 0 Å². The van der Waals surface area contributed by atoms with E-state index in [0.29, 0.717) is 13.1 Å². The summed E-state index contributed by atoms with van der Waals surface area (Å²) in [7, 11) is 0. The molecule has 130 valence electrons. The van der Waals surface area contributed by atoms with Gasteiger partial charge in [0.2, 0.25) is 5.91 Å². The van der Waals surface area contributed by atoms with Crippen LogP contribution in [-0.4, -0.2) is 30.0 Å². The summed E-state index contributed by atoms with van der Waals surface area (Å²) < 4.78 is 0. The van der Waals surface area contributed by atoms with Crippen LogP contribution in [0.2, 0.25) is 0 Å². The van der Waals surface area contributed by atoms with Crippen molar-refractivity contribution in [1.82, 2.24) is 15.6 Å². The molecule has 0 saturated carbocycles. The number of benzene rings is 2. The van der Waals surface area contributed by atoms with Gasteiger partial charge in [-0.25, -0.2) is 0 Å². The first-order valence-corrected chi connectivity index (χ1v) is 8.82. The zero-order valence-electron chi connectivity index (χ0n) is 14.8. The van der Waals surface area contributed by atoms with Crippen LogP contribution >= 0.6 is 0 Å². The molecule has 0 radical (unpaired) electrons. The zero-order chi connectivity index (χ0) is 17.6. The van der Waals surface area contributed by atoms with Gasteiger partial charge in [0.25, 0.3) is 0 Å². The van der Waals surface area contributed by atoms with Crippen LogP contribution in [0.5, 0.6) is 0 Å². The summed E-state index contributed by atoms with van der Waals surface area (Å²) in [4.78, 5) is 15.4. The van der Waals surface area contributed by atoms with Gasteiger partial charge < -0.3 is 15.6 Å². The van der Waals surface area contributed by atoms with E-state index in [4.69, 9.17) is 0 Å². The number of rotatable bonds is 7. The van der Waals surface area contributed by atoms with Gasteiger partial charge in [-0.2, -0.15) is 0 Å². The minimum atomic E-state index is -0.226. The maximum atomic E-state index is 12.0. The molecule has 0 unspecified atom stereocenters. The molecule has 0 aliphatic carbocycles. The largest absolute Gasteiger partial charge is 0.361 e. The van der Waals surface area contributed by atoms with Gasteiger partial charge in [0.05, 0.1) is 6.04 Å². The maximum Gasteiger partial charge on any atom is 0.236 e. The fourth-order valence-corrected chi connectivity index (χ4v) is 3.19.